The highest BCUT2D eigenvalue weighted by molar-refractivity contribution is 7.89. The van der Waals surface area contributed by atoms with Gasteiger partial charge in [0.25, 0.3) is 0 Å². The van der Waals surface area contributed by atoms with Crippen LogP contribution in [0.3, 0.4) is 0 Å². The Morgan fingerprint density at radius 2 is 1.61 bits per heavy atom. The zero-order valence-electron chi connectivity index (χ0n) is 16.6. The maximum Gasteiger partial charge on any atom is 0.241 e. The molecule has 28 heavy (non-hydrogen) atoms. The molecule has 2 rings (SSSR count). The lowest BCUT2D eigenvalue weighted by atomic mass is 10.1. The lowest BCUT2D eigenvalue weighted by Crippen LogP contribution is -2.41. The van der Waals surface area contributed by atoms with Crippen molar-refractivity contribution in [1.29, 1.82) is 0 Å². The average Bonchev–Trinajstić information content (AvgIpc) is 2.61. The van der Waals surface area contributed by atoms with Crippen molar-refractivity contribution >= 4 is 16.0 Å². The molecule has 0 spiro atoms. The van der Waals surface area contributed by atoms with Crippen LogP contribution in [0.15, 0.2) is 58.4 Å². The number of nitrogens with one attached hydrogen (secondary N) is 3. The minimum atomic E-state index is -3.65. The van der Waals surface area contributed by atoms with Gasteiger partial charge in [-0.2, -0.15) is 0 Å². The summed E-state index contributed by atoms with van der Waals surface area (Å²) >= 11 is 0. The first-order valence-corrected chi connectivity index (χ1v) is 10.4. The third-order valence-electron chi connectivity index (χ3n) is 3.75. The number of rotatable bonds is 6. The summed E-state index contributed by atoms with van der Waals surface area (Å²) in [7, 11) is -2.02. The molecule has 0 atom stereocenters. The number of sulfonamides is 1. The highest BCUT2D eigenvalue weighted by atomic mass is 32.2. The van der Waals surface area contributed by atoms with Gasteiger partial charge in [-0.25, -0.2) is 17.5 Å². The van der Waals surface area contributed by atoms with Crippen LogP contribution in [0.2, 0.25) is 0 Å². The molecule has 0 bridgehead atoms. The summed E-state index contributed by atoms with van der Waals surface area (Å²) in [5.41, 5.74) is 0.956. The van der Waals surface area contributed by atoms with Crippen LogP contribution in [0.25, 0.3) is 0 Å². The van der Waals surface area contributed by atoms with Crippen molar-refractivity contribution in [2.45, 2.75) is 44.3 Å². The Hall–Kier alpha value is -2.45. The molecule has 0 saturated heterocycles. The van der Waals surface area contributed by atoms with Gasteiger partial charge in [-0.3, -0.25) is 4.99 Å². The fourth-order valence-corrected chi connectivity index (χ4v) is 4.22. The van der Waals surface area contributed by atoms with Crippen molar-refractivity contribution < 1.29 is 12.8 Å². The van der Waals surface area contributed by atoms with Crippen LogP contribution >= 0.6 is 0 Å². The second kappa shape index (κ2) is 9.16. The van der Waals surface area contributed by atoms with E-state index >= 15 is 0 Å². The predicted octanol–water partition coefficient (Wildman–Crippen LogP) is 2.77. The monoisotopic (exact) mass is 406 g/mol. The van der Waals surface area contributed by atoms with Gasteiger partial charge in [0.15, 0.2) is 5.96 Å². The van der Waals surface area contributed by atoms with E-state index < -0.39 is 15.6 Å². The minimum absolute atomic E-state index is 0.228. The summed E-state index contributed by atoms with van der Waals surface area (Å²) in [6, 6.07) is 13.0. The molecular weight excluding hydrogens is 379 g/mol. The number of hydrogen-bond donors (Lipinski definition) is 3. The highest BCUT2D eigenvalue weighted by Crippen LogP contribution is 2.17. The maximum absolute atomic E-state index is 13.0. The van der Waals surface area contributed by atoms with Crippen molar-refractivity contribution in [2.75, 3.05) is 7.05 Å². The Morgan fingerprint density at radius 1 is 1.00 bits per heavy atom. The molecule has 0 unspecified atom stereocenters. The zero-order chi connectivity index (χ0) is 20.8. The fraction of sp³-hybridized carbons (Fsp3) is 0.350. The first kappa shape index (κ1) is 21.8. The Balaban J connectivity index is 2.06. The Labute approximate surface area is 166 Å². The van der Waals surface area contributed by atoms with Gasteiger partial charge in [0.1, 0.15) is 5.82 Å². The minimum Gasteiger partial charge on any atom is -0.352 e. The maximum atomic E-state index is 13.0. The normalized spacial score (nSPS) is 12.7. The first-order chi connectivity index (χ1) is 13.1. The summed E-state index contributed by atoms with van der Waals surface area (Å²) in [6.45, 7) is 6.14. The predicted molar refractivity (Wildman–Crippen MR) is 110 cm³/mol. The molecule has 2 aromatic rings. The van der Waals surface area contributed by atoms with Crippen LogP contribution in [-0.4, -0.2) is 27.0 Å². The number of guanidine groups is 1. The van der Waals surface area contributed by atoms with E-state index in [4.69, 9.17) is 0 Å². The molecule has 6 nitrogen and oxygen atoms in total. The van der Waals surface area contributed by atoms with E-state index in [1.54, 1.807) is 64.2 Å². The smallest absolute Gasteiger partial charge is 0.241 e. The van der Waals surface area contributed by atoms with Gasteiger partial charge in [0.2, 0.25) is 10.0 Å². The van der Waals surface area contributed by atoms with E-state index in [1.165, 1.54) is 12.1 Å². The van der Waals surface area contributed by atoms with Crippen molar-refractivity contribution in [2.24, 2.45) is 4.99 Å². The number of benzene rings is 2. The van der Waals surface area contributed by atoms with E-state index in [0.29, 0.717) is 18.1 Å². The summed E-state index contributed by atoms with van der Waals surface area (Å²) < 4.78 is 41.1. The van der Waals surface area contributed by atoms with E-state index in [2.05, 4.69) is 20.3 Å². The summed E-state index contributed by atoms with van der Waals surface area (Å²) in [5.74, 6) is 0.230. The summed E-state index contributed by atoms with van der Waals surface area (Å²) in [4.78, 5) is 4.37. The van der Waals surface area contributed by atoms with Crippen molar-refractivity contribution in [3.8, 4) is 0 Å². The molecule has 0 aromatic heterocycles. The molecule has 0 radical (unpaired) electrons. The molecule has 0 heterocycles. The standard InChI is InChI=1S/C20H27FN4O2S/c1-20(2,3)25-28(26,27)18-8-6-5-7-16(18)14-24-19(22-4)23-13-15-9-11-17(21)12-10-15/h5-12,25H,13-14H2,1-4H3,(H2,22,23,24). The van der Waals surface area contributed by atoms with Gasteiger partial charge in [0, 0.05) is 25.7 Å². The van der Waals surface area contributed by atoms with Gasteiger partial charge in [-0.15, -0.1) is 0 Å². The average molecular weight is 407 g/mol. The topological polar surface area (TPSA) is 82.6 Å². The lowest BCUT2D eigenvalue weighted by Gasteiger charge is -2.22. The Morgan fingerprint density at radius 3 is 2.21 bits per heavy atom. The van der Waals surface area contributed by atoms with Crippen LogP contribution < -0.4 is 15.4 Å². The molecule has 8 heteroatoms. The Kier molecular flexibility index (Phi) is 7.15. The number of halogens is 1. The summed E-state index contributed by atoms with van der Waals surface area (Å²) in [5, 5.41) is 6.24. The third kappa shape index (κ3) is 6.61. The molecular formula is C20H27FN4O2S. The number of hydrogen-bond acceptors (Lipinski definition) is 3. The molecule has 152 valence electrons. The number of nitrogens with zero attached hydrogens (tertiary/aromatic N) is 1. The molecule has 3 N–H and O–H groups in total. The molecule has 0 amide bonds. The van der Waals surface area contributed by atoms with Gasteiger partial charge < -0.3 is 10.6 Å². The van der Waals surface area contributed by atoms with Crippen molar-refractivity contribution in [1.82, 2.24) is 15.4 Å². The molecule has 0 saturated carbocycles. The molecule has 2 aromatic carbocycles. The van der Waals surface area contributed by atoms with E-state index in [0.717, 1.165) is 5.56 Å². The Bertz CT molecular complexity index is 920. The van der Waals surface area contributed by atoms with Crippen LogP contribution in [0.5, 0.6) is 0 Å². The second-order valence-corrected chi connectivity index (χ2v) is 9.02. The van der Waals surface area contributed by atoms with Gasteiger partial charge >= 0.3 is 0 Å². The zero-order valence-corrected chi connectivity index (χ0v) is 17.4. The largest absolute Gasteiger partial charge is 0.352 e. The van der Waals surface area contributed by atoms with Crippen molar-refractivity contribution in [3.05, 3.63) is 65.5 Å². The van der Waals surface area contributed by atoms with Crippen LogP contribution in [-0.2, 0) is 23.1 Å². The van der Waals surface area contributed by atoms with Crippen molar-refractivity contribution in [3.63, 3.8) is 0 Å². The van der Waals surface area contributed by atoms with Gasteiger partial charge in [0.05, 0.1) is 4.90 Å². The summed E-state index contributed by atoms with van der Waals surface area (Å²) in [6.07, 6.45) is 0. The van der Waals surface area contributed by atoms with E-state index in [9.17, 15) is 12.8 Å². The van der Waals surface area contributed by atoms with Gasteiger partial charge in [-0.1, -0.05) is 30.3 Å². The molecule has 0 aliphatic carbocycles. The highest BCUT2D eigenvalue weighted by Gasteiger charge is 2.24. The SMILES string of the molecule is CN=C(NCc1ccc(F)cc1)NCc1ccccc1S(=O)(=O)NC(C)(C)C. The lowest BCUT2D eigenvalue weighted by molar-refractivity contribution is 0.491. The van der Waals surface area contributed by atoms with Crippen LogP contribution in [0, 0.1) is 5.82 Å². The third-order valence-corrected chi connectivity index (χ3v) is 5.60. The molecule has 0 aliphatic rings. The molecule has 0 aliphatic heterocycles. The van der Waals surface area contributed by atoms with Crippen LogP contribution in [0.4, 0.5) is 4.39 Å². The number of aliphatic imine (C=N–C) groups is 1. The van der Waals surface area contributed by atoms with Crippen LogP contribution in [0.1, 0.15) is 31.9 Å². The fourth-order valence-electron chi connectivity index (χ4n) is 2.56. The van der Waals surface area contributed by atoms with Gasteiger partial charge in [-0.05, 0) is 50.1 Å². The second-order valence-electron chi connectivity index (χ2n) is 7.37. The quantitative estimate of drug-likeness (QED) is 0.509. The molecule has 0 fully saturated rings. The first-order valence-electron chi connectivity index (χ1n) is 8.91. The van der Waals surface area contributed by atoms with E-state index in [-0.39, 0.29) is 17.3 Å². The van der Waals surface area contributed by atoms with E-state index in [1.807, 2.05) is 0 Å².